The Morgan fingerprint density at radius 1 is 1.50 bits per heavy atom. The summed E-state index contributed by atoms with van der Waals surface area (Å²) in [4.78, 5) is 11.5. The van der Waals surface area contributed by atoms with Crippen LogP contribution in [0.15, 0.2) is 0 Å². The molecule has 1 amide bonds. The van der Waals surface area contributed by atoms with E-state index in [0.29, 0.717) is 5.92 Å². The van der Waals surface area contributed by atoms with Gasteiger partial charge in [-0.25, -0.2) is 0 Å². The van der Waals surface area contributed by atoms with Crippen LogP contribution in [-0.4, -0.2) is 30.0 Å². The Morgan fingerprint density at radius 2 is 2.19 bits per heavy atom. The molecule has 16 heavy (non-hydrogen) atoms. The molecule has 1 heterocycles. The number of ether oxygens (including phenoxy) is 1. The van der Waals surface area contributed by atoms with Crippen molar-refractivity contribution >= 4 is 17.5 Å². The molecule has 3 atom stereocenters. The summed E-state index contributed by atoms with van der Waals surface area (Å²) in [5.41, 5.74) is 0. The van der Waals surface area contributed by atoms with Crippen LogP contribution in [0, 0.1) is 5.92 Å². The first-order chi connectivity index (χ1) is 7.49. The lowest BCUT2D eigenvalue weighted by Gasteiger charge is -2.31. The molecular weight excluding hydrogens is 226 g/mol. The maximum Gasteiger partial charge on any atom is 0.237 e. The van der Waals surface area contributed by atoms with Gasteiger partial charge in [0.1, 0.15) is 5.38 Å². The Hall–Kier alpha value is -0.280. The van der Waals surface area contributed by atoms with Gasteiger partial charge < -0.3 is 10.1 Å². The lowest BCUT2D eigenvalue weighted by atomic mass is 9.96. The first kappa shape index (κ1) is 13.8. The van der Waals surface area contributed by atoms with Gasteiger partial charge in [0.25, 0.3) is 0 Å². The molecule has 94 valence electrons. The summed E-state index contributed by atoms with van der Waals surface area (Å²) in [6.07, 6.45) is 3.14. The molecule has 0 radical (unpaired) electrons. The highest BCUT2D eigenvalue weighted by Gasteiger charge is 2.25. The lowest BCUT2D eigenvalue weighted by Crippen LogP contribution is -2.44. The molecule has 3 unspecified atom stereocenters. The lowest BCUT2D eigenvalue weighted by molar-refractivity contribution is -0.122. The fraction of sp³-hybridized carbons (Fsp3) is 0.917. The van der Waals surface area contributed by atoms with Gasteiger partial charge in [-0.1, -0.05) is 13.8 Å². The number of carbonyl (C=O) groups is 1. The van der Waals surface area contributed by atoms with E-state index in [1.807, 2.05) is 0 Å². The molecule has 0 spiro atoms. The smallest absolute Gasteiger partial charge is 0.237 e. The van der Waals surface area contributed by atoms with Gasteiger partial charge in [0.05, 0.1) is 6.10 Å². The Labute approximate surface area is 103 Å². The predicted molar refractivity (Wildman–Crippen MR) is 65.7 cm³/mol. The number of hydrogen-bond donors (Lipinski definition) is 1. The average Bonchev–Trinajstić information content (AvgIpc) is 2.16. The summed E-state index contributed by atoms with van der Waals surface area (Å²) in [5, 5.41) is 2.52. The summed E-state index contributed by atoms with van der Waals surface area (Å²) >= 11 is 5.72. The van der Waals surface area contributed by atoms with Crippen molar-refractivity contribution in [1.82, 2.24) is 5.32 Å². The quantitative estimate of drug-likeness (QED) is 0.775. The zero-order valence-electron chi connectivity index (χ0n) is 10.3. The third-order valence-electron chi connectivity index (χ3n) is 2.81. The molecule has 3 nitrogen and oxygen atoms in total. The van der Waals surface area contributed by atoms with Crippen LogP contribution in [-0.2, 0) is 9.53 Å². The van der Waals surface area contributed by atoms with E-state index in [1.165, 1.54) is 0 Å². The molecule has 0 aromatic carbocycles. The van der Waals surface area contributed by atoms with E-state index in [9.17, 15) is 4.79 Å². The first-order valence-corrected chi connectivity index (χ1v) is 6.48. The second-order valence-corrected chi connectivity index (χ2v) is 5.62. The van der Waals surface area contributed by atoms with E-state index in [2.05, 4.69) is 19.2 Å². The van der Waals surface area contributed by atoms with Gasteiger partial charge in [-0.2, -0.15) is 0 Å². The SMILES string of the molecule is CC(C)CC1CC(NC(=O)C(C)Cl)CCO1. The molecule has 0 aromatic rings. The van der Waals surface area contributed by atoms with Gasteiger partial charge in [0.2, 0.25) is 5.91 Å². The molecule has 0 aromatic heterocycles. The summed E-state index contributed by atoms with van der Waals surface area (Å²) in [5.74, 6) is 0.559. The van der Waals surface area contributed by atoms with Crippen molar-refractivity contribution in [2.75, 3.05) is 6.61 Å². The van der Waals surface area contributed by atoms with Crippen molar-refractivity contribution in [2.24, 2.45) is 5.92 Å². The third kappa shape index (κ3) is 4.71. The Bertz CT molecular complexity index is 231. The van der Waals surface area contributed by atoms with Crippen molar-refractivity contribution in [3.05, 3.63) is 0 Å². The van der Waals surface area contributed by atoms with Crippen LogP contribution in [0.5, 0.6) is 0 Å². The van der Waals surface area contributed by atoms with Crippen LogP contribution in [0.3, 0.4) is 0 Å². The Morgan fingerprint density at radius 3 is 2.75 bits per heavy atom. The summed E-state index contributed by atoms with van der Waals surface area (Å²) in [6, 6.07) is 0.228. The first-order valence-electron chi connectivity index (χ1n) is 6.05. The van der Waals surface area contributed by atoms with Gasteiger partial charge in [0, 0.05) is 12.6 Å². The largest absolute Gasteiger partial charge is 0.378 e. The fourth-order valence-corrected chi connectivity index (χ4v) is 2.08. The molecular formula is C12H22ClNO2. The average molecular weight is 248 g/mol. The monoisotopic (exact) mass is 247 g/mol. The number of carbonyl (C=O) groups excluding carboxylic acids is 1. The van der Waals surface area contributed by atoms with Crippen LogP contribution in [0.1, 0.15) is 40.0 Å². The second-order valence-electron chi connectivity index (χ2n) is 4.97. The zero-order valence-corrected chi connectivity index (χ0v) is 11.1. The molecule has 1 rings (SSSR count). The second kappa shape index (κ2) is 6.45. The molecule has 1 N–H and O–H groups in total. The summed E-state index contributed by atoms with van der Waals surface area (Å²) in [7, 11) is 0. The zero-order chi connectivity index (χ0) is 12.1. The van der Waals surface area contributed by atoms with Gasteiger partial charge in [0.15, 0.2) is 0 Å². The van der Waals surface area contributed by atoms with Gasteiger partial charge in [-0.15, -0.1) is 11.6 Å². The molecule has 4 heteroatoms. The number of halogens is 1. The number of alkyl halides is 1. The normalized spacial score (nSPS) is 27.8. The van der Waals surface area contributed by atoms with Crippen molar-refractivity contribution in [3.63, 3.8) is 0 Å². The van der Waals surface area contributed by atoms with Gasteiger partial charge in [-0.3, -0.25) is 4.79 Å². The van der Waals surface area contributed by atoms with Crippen molar-refractivity contribution in [2.45, 2.75) is 57.6 Å². The predicted octanol–water partition coefficient (Wildman–Crippen LogP) is 2.32. The van der Waals surface area contributed by atoms with E-state index < -0.39 is 5.38 Å². The Balaban J connectivity index is 2.35. The number of rotatable bonds is 4. The highest BCUT2D eigenvalue weighted by atomic mass is 35.5. The topological polar surface area (TPSA) is 38.3 Å². The van der Waals surface area contributed by atoms with Crippen LogP contribution in [0.4, 0.5) is 0 Å². The molecule has 0 bridgehead atoms. The minimum atomic E-state index is -0.452. The van der Waals surface area contributed by atoms with E-state index >= 15 is 0 Å². The van der Waals surface area contributed by atoms with Crippen molar-refractivity contribution < 1.29 is 9.53 Å². The Kier molecular flexibility index (Phi) is 5.56. The maximum atomic E-state index is 11.5. The van der Waals surface area contributed by atoms with Crippen LogP contribution in [0.25, 0.3) is 0 Å². The minimum absolute atomic E-state index is 0.0723. The number of hydrogen-bond acceptors (Lipinski definition) is 2. The minimum Gasteiger partial charge on any atom is -0.378 e. The van der Waals surface area contributed by atoms with Crippen molar-refractivity contribution in [1.29, 1.82) is 0 Å². The van der Waals surface area contributed by atoms with E-state index in [-0.39, 0.29) is 18.1 Å². The van der Waals surface area contributed by atoms with E-state index in [4.69, 9.17) is 16.3 Å². The van der Waals surface area contributed by atoms with E-state index in [1.54, 1.807) is 6.92 Å². The fourth-order valence-electron chi connectivity index (χ4n) is 2.02. The highest BCUT2D eigenvalue weighted by molar-refractivity contribution is 6.30. The highest BCUT2D eigenvalue weighted by Crippen LogP contribution is 2.20. The maximum absolute atomic E-state index is 11.5. The van der Waals surface area contributed by atoms with Gasteiger partial charge in [-0.05, 0) is 32.1 Å². The summed E-state index contributed by atoms with van der Waals surface area (Å²) < 4.78 is 5.68. The standard InChI is InChI=1S/C12H22ClNO2/c1-8(2)6-11-7-10(4-5-16-11)14-12(15)9(3)13/h8-11H,4-7H2,1-3H3,(H,14,15). The van der Waals surface area contributed by atoms with Crippen LogP contribution >= 0.6 is 11.6 Å². The molecule has 1 fully saturated rings. The molecule has 0 saturated carbocycles. The third-order valence-corrected chi connectivity index (χ3v) is 3.01. The number of nitrogens with one attached hydrogen (secondary N) is 1. The van der Waals surface area contributed by atoms with E-state index in [0.717, 1.165) is 25.9 Å². The summed E-state index contributed by atoms with van der Waals surface area (Å²) in [6.45, 7) is 6.81. The molecule has 1 aliphatic heterocycles. The molecule has 1 aliphatic rings. The molecule has 0 aliphatic carbocycles. The molecule has 1 saturated heterocycles. The van der Waals surface area contributed by atoms with Crippen LogP contribution in [0.2, 0.25) is 0 Å². The van der Waals surface area contributed by atoms with Crippen LogP contribution < -0.4 is 5.32 Å². The van der Waals surface area contributed by atoms with Crippen molar-refractivity contribution in [3.8, 4) is 0 Å². The number of amides is 1. The van der Waals surface area contributed by atoms with Gasteiger partial charge >= 0.3 is 0 Å².